The first-order chi connectivity index (χ1) is 11.1. The lowest BCUT2D eigenvalue weighted by Gasteiger charge is -2.24. The van der Waals surface area contributed by atoms with Crippen molar-refractivity contribution in [2.24, 2.45) is 0 Å². The number of carbonyl (C=O) groups excluding carboxylic acids is 1. The number of benzene rings is 2. The van der Waals surface area contributed by atoms with Crippen LogP contribution in [-0.2, 0) is 4.79 Å². The maximum absolute atomic E-state index is 12.3. The van der Waals surface area contributed by atoms with E-state index in [-0.39, 0.29) is 11.6 Å². The quantitative estimate of drug-likeness (QED) is 0.635. The van der Waals surface area contributed by atoms with E-state index in [4.69, 9.17) is 4.74 Å². The van der Waals surface area contributed by atoms with Gasteiger partial charge < -0.3 is 4.74 Å². The summed E-state index contributed by atoms with van der Waals surface area (Å²) >= 11 is 1.39. The second-order valence-corrected chi connectivity index (χ2v) is 6.01. The van der Waals surface area contributed by atoms with Gasteiger partial charge in [-0.2, -0.15) is 0 Å². The number of hydrogen-bond donors (Lipinski definition) is 0. The Morgan fingerprint density at radius 3 is 2.57 bits per heavy atom. The first-order valence-corrected chi connectivity index (χ1v) is 7.97. The van der Waals surface area contributed by atoms with Crippen LogP contribution in [0.3, 0.4) is 0 Å². The number of anilines is 1. The summed E-state index contributed by atoms with van der Waals surface area (Å²) in [4.78, 5) is 24.8. The Hall–Kier alpha value is -2.54. The molecule has 1 heterocycles. The zero-order chi connectivity index (χ0) is 16.4. The molecule has 2 aromatic carbocycles. The molecular weight excluding hydrogens is 316 g/mol. The highest BCUT2D eigenvalue weighted by Gasteiger charge is 2.37. The van der Waals surface area contributed by atoms with Crippen molar-refractivity contribution in [2.75, 3.05) is 17.8 Å². The molecular formula is C16H14N2O4S. The molecule has 2 aromatic rings. The van der Waals surface area contributed by atoms with E-state index in [0.29, 0.717) is 22.8 Å². The summed E-state index contributed by atoms with van der Waals surface area (Å²) in [5, 5.41) is 10.9. The van der Waals surface area contributed by atoms with E-state index in [1.165, 1.54) is 17.8 Å². The average molecular weight is 330 g/mol. The molecule has 0 spiro atoms. The minimum Gasteiger partial charge on any atom is -0.497 e. The number of ether oxygens (including phenoxy) is 1. The number of thioether (sulfide) groups is 1. The van der Waals surface area contributed by atoms with Gasteiger partial charge >= 0.3 is 0 Å². The average Bonchev–Trinajstić information content (AvgIpc) is 2.96. The molecule has 1 saturated heterocycles. The maximum atomic E-state index is 12.3. The molecule has 1 fully saturated rings. The molecule has 6 nitrogen and oxygen atoms in total. The highest BCUT2D eigenvalue weighted by Crippen LogP contribution is 2.44. The van der Waals surface area contributed by atoms with E-state index < -0.39 is 10.3 Å². The lowest BCUT2D eigenvalue weighted by molar-refractivity contribution is -0.385. The standard InChI is InChI=1S/C16H14N2O4S/c1-22-12-8-6-11(7-9-12)17-15(19)10-23-16(17)13-4-2-3-5-14(13)18(20)21/h2-9,16H,10H2,1H3/t16-/m0/s1. The summed E-state index contributed by atoms with van der Waals surface area (Å²) < 4.78 is 5.12. The molecule has 23 heavy (non-hydrogen) atoms. The number of rotatable bonds is 4. The number of nitrogens with zero attached hydrogens (tertiary/aromatic N) is 2. The fourth-order valence-electron chi connectivity index (χ4n) is 2.54. The van der Waals surface area contributed by atoms with E-state index >= 15 is 0 Å². The summed E-state index contributed by atoms with van der Waals surface area (Å²) in [6.07, 6.45) is 0. The largest absolute Gasteiger partial charge is 0.497 e. The van der Waals surface area contributed by atoms with Gasteiger partial charge in [0.05, 0.1) is 23.3 Å². The van der Waals surface area contributed by atoms with E-state index in [1.54, 1.807) is 54.5 Å². The third-order valence-electron chi connectivity index (χ3n) is 3.62. The van der Waals surface area contributed by atoms with E-state index in [1.807, 2.05) is 0 Å². The van der Waals surface area contributed by atoms with Gasteiger partial charge in [-0.1, -0.05) is 12.1 Å². The Balaban J connectivity index is 2.01. The summed E-state index contributed by atoms with van der Waals surface area (Å²) in [6.45, 7) is 0. The van der Waals surface area contributed by atoms with Crippen LogP contribution in [-0.4, -0.2) is 23.7 Å². The Morgan fingerprint density at radius 2 is 1.91 bits per heavy atom. The molecule has 0 aliphatic carbocycles. The number of amides is 1. The first-order valence-electron chi connectivity index (χ1n) is 6.93. The second-order valence-electron chi connectivity index (χ2n) is 4.94. The number of carbonyl (C=O) groups is 1. The van der Waals surface area contributed by atoms with Crippen molar-refractivity contribution in [1.82, 2.24) is 0 Å². The third-order valence-corrected chi connectivity index (χ3v) is 4.81. The third kappa shape index (κ3) is 2.87. The van der Waals surface area contributed by atoms with Gasteiger partial charge in [0.25, 0.3) is 5.69 Å². The zero-order valence-electron chi connectivity index (χ0n) is 12.3. The van der Waals surface area contributed by atoms with Crippen molar-refractivity contribution < 1.29 is 14.5 Å². The van der Waals surface area contributed by atoms with Gasteiger partial charge in [-0.25, -0.2) is 0 Å². The van der Waals surface area contributed by atoms with Crippen molar-refractivity contribution >= 4 is 29.0 Å². The molecule has 0 bridgehead atoms. The zero-order valence-corrected chi connectivity index (χ0v) is 13.2. The van der Waals surface area contributed by atoms with Crippen LogP contribution < -0.4 is 9.64 Å². The maximum Gasteiger partial charge on any atom is 0.275 e. The van der Waals surface area contributed by atoms with Crippen LogP contribution in [0.25, 0.3) is 0 Å². The molecule has 118 valence electrons. The van der Waals surface area contributed by atoms with Crippen LogP contribution in [0.2, 0.25) is 0 Å². The smallest absolute Gasteiger partial charge is 0.275 e. The van der Waals surface area contributed by atoms with Crippen LogP contribution in [0.4, 0.5) is 11.4 Å². The minimum absolute atomic E-state index is 0.0261. The van der Waals surface area contributed by atoms with Gasteiger partial charge in [0.2, 0.25) is 5.91 Å². The highest BCUT2D eigenvalue weighted by atomic mass is 32.2. The fourth-order valence-corrected chi connectivity index (χ4v) is 3.75. The van der Waals surface area contributed by atoms with Gasteiger partial charge in [0, 0.05) is 11.8 Å². The van der Waals surface area contributed by atoms with Crippen LogP contribution in [0.1, 0.15) is 10.9 Å². The van der Waals surface area contributed by atoms with Crippen molar-refractivity contribution in [1.29, 1.82) is 0 Å². The normalized spacial score (nSPS) is 17.3. The molecule has 0 aromatic heterocycles. The number of hydrogen-bond acceptors (Lipinski definition) is 5. The van der Waals surface area contributed by atoms with Crippen molar-refractivity contribution in [3.05, 3.63) is 64.2 Å². The van der Waals surface area contributed by atoms with Gasteiger partial charge in [0.1, 0.15) is 11.1 Å². The lowest BCUT2D eigenvalue weighted by Crippen LogP contribution is -2.28. The molecule has 0 N–H and O–H groups in total. The summed E-state index contributed by atoms with van der Waals surface area (Å²) in [7, 11) is 1.57. The molecule has 0 saturated carbocycles. The Kier molecular flexibility index (Phi) is 4.20. The molecule has 1 aliphatic rings. The predicted octanol–water partition coefficient (Wildman–Crippen LogP) is 3.38. The van der Waals surface area contributed by atoms with Crippen LogP contribution in [0.5, 0.6) is 5.75 Å². The molecule has 3 rings (SSSR count). The van der Waals surface area contributed by atoms with Crippen molar-refractivity contribution in [3.8, 4) is 5.75 Å². The Morgan fingerprint density at radius 1 is 1.22 bits per heavy atom. The number of methoxy groups -OCH3 is 1. The number of para-hydroxylation sites is 1. The SMILES string of the molecule is COc1ccc(N2C(=O)CS[C@H]2c2ccccc2[N+](=O)[O-])cc1. The number of nitro benzene ring substituents is 1. The lowest BCUT2D eigenvalue weighted by atomic mass is 10.1. The van der Waals surface area contributed by atoms with Crippen molar-refractivity contribution in [2.45, 2.75) is 5.37 Å². The van der Waals surface area contributed by atoms with E-state index in [9.17, 15) is 14.9 Å². The minimum atomic E-state index is -0.412. The highest BCUT2D eigenvalue weighted by molar-refractivity contribution is 8.00. The van der Waals surface area contributed by atoms with Gasteiger partial charge in [-0.05, 0) is 30.3 Å². The topological polar surface area (TPSA) is 72.7 Å². The molecule has 0 unspecified atom stereocenters. The van der Waals surface area contributed by atoms with E-state index in [2.05, 4.69) is 0 Å². The number of nitro groups is 1. The summed E-state index contributed by atoms with van der Waals surface area (Å²) in [6, 6.07) is 13.6. The van der Waals surface area contributed by atoms with Crippen LogP contribution in [0, 0.1) is 10.1 Å². The predicted molar refractivity (Wildman–Crippen MR) is 88.8 cm³/mol. The monoisotopic (exact) mass is 330 g/mol. The summed E-state index contributed by atoms with van der Waals surface area (Å²) in [5.41, 5.74) is 1.26. The van der Waals surface area contributed by atoms with E-state index in [0.717, 1.165) is 0 Å². The second kappa shape index (κ2) is 6.29. The molecule has 1 atom stereocenters. The van der Waals surface area contributed by atoms with Gasteiger partial charge in [0.15, 0.2) is 0 Å². The van der Waals surface area contributed by atoms with Gasteiger partial charge in [-0.3, -0.25) is 19.8 Å². The van der Waals surface area contributed by atoms with Crippen LogP contribution in [0.15, 0.2) is 48.5 Å². The molecule has 0 radical (unpaired) electrons. The molecule has 1 aliphatic heterocycles. The molecule has 7 heteroatoms. The fraction of sp³-hybridized carbons (Fsp3) is 0.188. The summed E-state index contributed by atoms with van der Waals surface area (Å²) in [5.74, 6) is 0.918. The first kappa shape index (κ1) is 15.4. The Bertz CT molecular complexity index is 748. The Labute approximate surface area is 137 Å². The van der Waals surface area contributed by atoms with Crippen molar-refractivity contribution in [3.63, 3.8) is 0 Å². The molecule has 1 amide bonds. The van der Waals surface area contributed by atoms with Crippen LogP contribution >= 0.6 is 11.8 Å². The van der Waals surface area contributed by atoms with Gasteiger partial charge in [-0.15, -0.1) is 11.8 Å².